The summed E-state index contributed by atoms with van der Waals surface area (Å²) in [6.07, 6.45) is 5.70. The Bertz CT molecular complexity index is 753. The van der Waals surface area contributed by atoms with Crippen LogP contribution in [0.15, 0.2) is 65.1 Å². The zero-order valence-corrected chi connectivity index (χ0v) is 13.3. The molecule has 1 aliphatic heterocycles. The number of cyclic esters (lactones) is 1. The lowest BCUT2D eigenvalue weighted by molar-refractivity contribution is -0.130. The molecule has 0 fully saturated rings. The molecule has 3 rings (SSSR count). The normalized spacial score (nSPS) is 15.8. The maximum Gasteiger partial charge on any atom is 0.343 e. The second kappa shape index (κ2) is 6.24. The first-order valence-corrected chi connectivity index (χ1v) is 8.25. The molecule has 2 nitrogen and oxygen atoms in total. The van der Waals surface area contributed by atoms with Crippen molar-refractivity contribution >= 4 is 29.6 Å². The van der Waals surface area contributed by atoms with E-state index in [9.17, 15) is 4.79 Å². The van der Waals surface area contributed by atoms with Gasteiger partial charge in [0.25, 0.3) is 0 Å². The highest BCUT2D eigenvalue weighted by molar-refractivity contribution is 7.98. The highest BCUT2D eigenvalue weighted by Gasteiger charge is 2.21. The molecule has 0 spiro atoms. The quantitative estimate of drug-likeness (QED) is 0.467. The Morgan fingerprint density at radius 1 is 1.00 bits per heavy atom. The lowest BCUT2D eigenvalue weighted by Crippen LogP contribution is -1.97. The Labute approximate surface area is 134 Å². The van der Waals surface area contributed by atoms with Crippen LogP contribution in [0.1, 0.15) is 16.7 Å². The van der Waals surface area contributed by atoms with Crippen LogP contribution in [0, 0.1) is 6.92 Å². The second-order valence-corrected chi connectivity index (χ2v) is 6.02. The molecule has 0 aliphatic carbocycles. The van der Waals surface area contributed by atoms with Gasteiger partial charge in [0.2, 0.25) is 0 Å². The van der Waals surface area contributed by atoms with E-state index in [0.29, 0.717) is 11.3 Å². The maximum atomic E-state index is 12.0. The zero-order chi connectivity index (χ0) is 15.5. The lowest BCUT2D eigenvalue weighted by atomic mass is 10.1. The molecule has 1 aliphatic rings. The molecule has 0 unspecified atom stereocenters. The van der Waals surface area contributed by atoms with Crippen LogP contribution in [0.25, 0.3) is 11.8 Å². The van der Waals surface area contributed by atoms with Crippen LogP contribution in [-0.4, -0.2) is 12.2 Å². The van der Waals surface area contributed by atoms with Crippen LogP contribution in [0.4, 0.5) is 0 Å². The van der Waals surface area contributed by atoms with E-state index in [4.69, 9.17) is 4.74 Å². The van der Waals surface area contributed by atoms with Gasteiger partial charge in [0.15, 0.2) is 0 Å². The smallest absolute Gasteiger partial charge is 0.343 e. The maximum absolute atomic E-state index is 12.0. The molecule has 0 saturated carbocycles. The SMILES string of the molecule is CSc1ccc(/C=C2\C=C(c3ccc(C)cc3)OC2=O)cc1. The van der Waals surface area contributed by atoms with E-state index in [1.807, 2.05) is 67.8 Å². The summed E-state index contributed by atoms with van der Waals surface area (Å²) in [5, 5.41) is 0. The molecule has 0 aromatic heterocycles. The molecule has 2 aromatic carbocycles. The number of thioether (sulfide) groups is 1. The predicted octanol–water partition coefficient (Wildman–Crippen LogP) is 4.70. The number of aryl methyl sites for hydroxylation is 1. The number of carbonyl (C=O) groups excluding carboxylic acids is 1. The molecule has 2 aromatic rings. The van der Waals surface area contributed by atoms with E-state index in [1.165, 1.54) is 10.5 Å². The zero-order valence-electron chi connectivity index (χ0n) is 12.5. The minimum absolute atomic E-state index is 0.301. The summed E-state index contributed by atoms with van der Waals surface area (Å²) < 4.78 is 5.37. The summed E-state index contributed by atoms with van der Waals surface area (Å²) in [5.74, 6) is 0.307. The monoisotopic (exact) mass is 308 g/mol. The third-order valence-corrected chi connectivity index (χ3v) is 4.24. The number of benzene rings is 2. The molecule has 0 N–H and O–H groups in total. The van der Waals surface area contributed by atoms with Crippen LogP contribution in [0.5, 0.6) is 0 Å². The van der Waals surface area contributed by atoms with Crippen LogP contribution in [0.2, 0.25) is 0 Å². The third-order valence-electron chi connectivity index (χ3n) is 3.50. The van der Waals surface area contributed by atoms with Crippen LogP contribution in [-0.2, 0) is 9.53 Å². The number of carbonyl (C=O) groups is 1. The van der Waals surface area contributed by atoms with Crippen LogP contribution < -0.4 is 0 Å². The molecule has 1 heterocycles. The summed E-state index contributed by atoms with van der Waals surface area (Å²) >= 11 is 1.70. The van der Waals surface area contributed by atoms with E-state index >= 15 is 0 Å². The second-order valence-electron chi connectivity index (χ2n) is 5.14. The molecule has 3 heteroatoms. The highest BCUT2D eigenvalue weighted by Crippen LogP contribution is 2.28. The summed E-state index contributed by atoms with van der Waals surface area (Å²) in [5.41, 5.74) is 3.66. The van der Waals surface area contributed by atoms with Crippen LogP contribution >= 0.6 is 11.8 Å². The van der Waals surface area contributed by atoms with Gasteiger partial charge in [0.05, 0.1) is 5.57 Å². The van der Waals surface area contributed by atoms with Gasteiger partial charge in [-0.15, -0.1) is 11.8 Å². The van der Waals surface area contributed by atoms with Crippen molar-refractivity contribution in [1.29, 1.82) is 0 Å². The largest absolute Gasteiger partial charge is 0.422 e. The van der Waals surface area contributed by atoms with E-state index in [1.54, 1.807) is 17.8 Å². The number of rotatable bonds is 3. The van der Waals surface area contributed by atoms with Gasteiger partial charge < -0.3 is 4.74 Å². The molecule has 0 bridgehead atoms. The fourth-order valence-electron chi connectivity index (χ4n) is 2.23. The third kappa shape index (κ3) is 3.15. The Morgan fingerprint density at radius 3 is 2.32 bits per heavy atom. The van der Waals surface area contributed by atoms with Gasteiger partial charge >= 0.3 is 5.97 Å². The first-order valence-electron chi connectivity index (χ1n) is 7.02. The first kappa shape index (κ1) is 14.7. The summed E-state index contributed by atoms with van der Waals surface area (Å²) in [7, 11) is 0. The molecule has 0 saturated heterocycles. The summed E-state index contributed by atoms with van der Waals surface area (Å²) in [6, 6.07) is 16.0. The van der Waals surface area contributed by atoms with Crippen molar-refractivity contribution in [2.45, 2.75) is 11.8 Å². The van der Waals surface area contributed by atoms with Gasteiger partial charge in [0.1, 0.15) is 5.76 Å². The van der Waals surface area contributed by atoms with Crippen molar-refractivity contribution in [3.8, 4) is 0 Å². The van der Waals surface area contributed by atoms with E-state index in [2.05, 4.69) is 0 Å². The molecule has 0 radical (unpaired) electrons. The standard InChI is InChI=1S/C19H16O2S/c1-13-3-7-15(8-4-13)18-12-16(19(20)21-18)11-14-5-9-17(22-2)10-6-14/h3-12H,1-2H3/b16-11+. The van der Waals surface area contributed by atoms with Crippen molar-refractivity contribution in [3.63, 3.8) is 0 Å². The van der Waals surface area contributed by atoms with Gasteiger partial charge in [-0.25, -0.2) is 4.79 Å². The Morgan fingerprint density at radius 2 is 1.68 bits per heavy atom. The minimum Gasteiger partial charge on any atom is -0.422 e. The fraction of sp³-hybridized carbons (Fsp3) is 0.105. The number of ether oxygens (including phenoxy) is 1. The van der Waals surface area contributed by atoms with Crippen molar-refractivity contribution in [1.82, 2.24) is 0 Å². The van der Waals surface area contributed by atoms with E-state index in [-0.39, 0.29) is 5.97 Å². The number of hydrogen-bond acceptors (Lipinski definition) is 3. The average Bonchev–Trinajstić information content (AvgIpc) is 2.90. The van der Waals surface area contributed by atoms with Gasteiger partial charge in [-0.1, -0.05) is 42.0 Å². The highest BCUT2D eigenvalue weighted by atomic mass is 32.2. The van der Waals surface area contributed by atoms with Crippen molar-refractivity contribution in [2.75, 3.05) is 6.26 Å². The first-order chi connectivity index (χ1) is 10.7. The number of esters is 1. The summed E-state index contributed by atoms with van der Waals surface area (Å²) in [6.45, 7) is 2.03. The predicted molar refractivity (Wildman–Crippen MR) is 91.4 cm³/mol. The Kier molecular flexibility index (Phi) is 4.16. The molecule has 0 amide bonds. The average molecular weight is 308 g/mol. The Balaban J connectivity index is 1.88. The van der Waals surface area contributed by atoms with Gasteiger partial charge in [-0.05, 0) is 43.0 Å². The summed E-state index contributed by atoms with van der Waals surface area (Å²) in [4.78, 5) is 13.2. The van der Waals surface area contributed by atoms with Gasteiger partial charge in [0, 0.05) is 10.5 Å². The van der Waals surface area contributed by atoms with Crippen molar-refractivity contribution in [2.24, 2.45) is 0 Å². The molecule has 0 atom stereocenters. The fourth-order valence-corrected chi connectivity index (χ4v) is 2.64. The molecule has 22 heavy (non-hydrogen) atoms. The Hall–Kier alpha value is -2.26. The van der Waals surface area contributed by atoms with Gasteiger partial charge in [-0.2, -0.15) is 0 Å². The number of hydrogen-bond donors (Lipinski definition) is 0. The molecular formula is C19H16O2S. The molecule has 110 valence electrons. The lowest BCUT2D eigenvalue weighted by Gasteiger charge is -2.01. The molecular weight excluding hydrogens is 292 g/mol. The van der Waals surface area contributed by atoms with Crippen molar-refractivity contribution in [3.05, 3.63) is 76.9 Å². The van der Waals surface area contributed by atoms with Crippen molar-refractivity contribution < 1.29 is 9.53 Å². The van der Waals surface area contributed by atoms with E-state index in [0.717, 1.165) is 11.1 Å². The van der Waals surface area contributed by atoms with E-state index < -0.39 is 0 Å². The van der Waals surface area contributed by atoms with Gasteiger partial charge in [-0.3, -0.25) is 0 Å². The minimum atomic E-state index is -0.301. The topological polar surface area (TPSA) is 26.3 Å². The van der Waals surface area contributed by atoms with Crippen LogP contribution in [0.3, 0.4) is 0 Å².